The van der Waals surface area contributed by atoms with Crippen LogP contribution < -0.4 is 0 Å². The molecule has 0 amide bonds. The highest BCUT2D eigenvalue weighted by atomic mass is 16.3. The third-order valence-corrected chi connectivity index (χ3v) is 2.66. The van der Waals surface area contributed by atoms with Gasteiger partial charge in [0, 0.05) is 6.61 Å². The van der Waals surface area contributed by atoms with E-state index in [-0.39, 0.29) is 0 Å². The fourth-order valence-corrected chi connectivity index (χ4v) is 1.59. The molecule has 0 spiro atoms. The summed E-state index contributed by atoms with van der Waals surface area (Å²) >= 11 is 0. The molecule has 0 bridgehead atoms. The molecule has 0 saturated heterocycles. The molecule has 1 heteroatoms. The Kier molecular flexibility index (Phi) is 3.13. The van der Waals surface area contributed by atoms with Gasteiger partial charge in [-0.3, -0.25) is 0 Å². The molecule has 0 saturated carbocycles. The lowest BCUT2D eigenvalue weighted by Crippen LogP contribution is -2.17. The van der Waals surface area contributed by atoms with Crippen LogP contribution in [-0.2, 0) is 0 Å². The van der Waals surface area contributed by atoms with Gasteiger partial charge in [-0.25, -0.2) is 0 Å². The lowest BCUT2D eigenvalue weighted by atomic mass is 9.83. The molecule has 0 radical (unpaired) electrons. The third-order valence-electron chi connectivity index (χ3n) is 2.66. The van der Waals surface area contributed by atoms with E-state index in [0.29, 0.717) is 18.4 Å². The van der Waals surface area contributed by atoms with E-state index in [1.54, 1.807) is 0 Å². The molecule has 1 aliphatic rings. The van der Waals surface area contributed by atoms with E-state index >= 15 is 0 Å². The van der Waals surface area contributed by atoms with Crippen LogP contribution in [0.1, 0.15) is 26.7 Å². The first kappa shape index (κ1) is 8.79. The van der Waals surface area contributed by atoms with Gasteiger partial charge in [-0.2, -0.15) is 0 Å². The molecular weight excluding hydrogens is 136 g/mol. The second-order valence-corrected chi connectivity index (χ2v) is 3.76. The Hall–Kier alpha value is -0.300. The first-order valence-electron chi connectivity index (χ1n) is 4.53. The second-order valence-electron chi connectivity index (χ2n) is 3.76. The van der Waals surface area contributed by atoms with Gasteiger partial charge in [0.2, 0.25) is 0 Å². The highest BCUT2D eigenvalue weighted by Crippen LogP contribution is 2.26. The summed E-state index contributed by atoms with van der Waals surface area (Å²) in [4.78, 5) is 0. The molecule has 11 heavy (non-hydrogen) atoms. The summed E-state index contributed by atoms with van der Waals surface area (Å²) in [6, 6.07) is 0. The third kappa shape index (κ3) is 2.33. The van der Waals surface area contributed by atoms with Gasteiger partial charge in [-0.05, 0) is 30.6 Å². The van der Waals surface area contributed by atoms with Gasteiger partial charge in [0.25, 0.3) is 0 Å². The van der Waals surface area contributed by atoms with Crippen molar-refractivity contribution in [3.63, 3.8) is 0 Å². The Balaban J connectivity index is 2.43. The normalized spacial score (nSPS) is 33.7. The van der Waals surface area contributed by atoms with Crippen LogP contribution in [-0.4, -0.2) is 11.7 Å². The maximum atomic E-state index is 8.92. The minimum atomic E-state index is 0.323. The molecule has 0 aromatic heterocycles. The molecule has 2 unspecified atom stereocenters. The van der Waals surface area contributed by atoms with Crippen LogP contribution in [0.3, 0.4) is 0 Å². The molecule has 0 aromatic rings. The fourth-order valence-electron chi connectivity index (χ4n) is 1.59. The maximum absolute atomic E-state index is 8.92. The van der Waals surface area contributed by atoms with Crippen LogP contribution in [0.4, 0.5) is 0 Å². The minimum absolute atomic E-state index is 0.323. The van der Waals surface area contributed by atoms with Gasteiger partial charge < -0.3 is 5.11 Å². The Labute approximate surface area is 69.1 Å². The summed E-state index contributed by atoms with van der Waals surface area (Å²) in [7, 11) is 0. The Morgan fingerprint density at radius 1 is 1.45 bits per heavy atom. The highest BCUT2D eigenvalue weighted by Gasteiger charge is 2.17. The van der Waals surface area contributed by atoms with E-state index in [2.05, 4.69) is 26.0 Å². The van der Waals surface area contributed by atoms with E-state index < -0.39 is 0 Å². The molecule has 3 atom stereocenters. The zero-order chi connectivity index (χ0) is 8.27. The quantitative estimate of drug-likeness (QED) is 0.605. The SMILES string of the molecule is CC(CO)C1C=C[C@H](C)CC1. The number of aliphatic hydroxyl groups excluding tert-OH is 1. The lowest BCUT2D eigenvalue weighted by molar-refractivity contribution is 0.196. The van der Waals surface area contributed by atoms with Gasteiger partial charge >= 0.3 is 0 Å². The Morgan fingerprint density at radius 2 is 2.18 bits per heavy atom. The first-order valence-corrected chi connectivity index (χ1v) is 4.53. The zero-order valence-electron chi connectivity index (χ0n) is 7.46. The van der Waals surface area contributed by atoms with Crippen molar-refractivity contribution in [1.29, 1.82) is 0 Å². The molecule has 1 rings (SSSR count). The Bertz CT molecular complexity index is 140. The maximum Gasteiger partial charge on any atom is 0.0462 e. The van der Waals surface area contributed by atoms with Crippen LogP contribution in [0.15, 0.2) is 12.2 Å². The summed E-state index contributed by atoms with van der Waals surface area (Å²) in [5.41, 5.74) is 0. The van der Waals surface area contributed by atoms with Crippen molar-refractivity contribution in [2.45, 2.75) is 26.7 Å². The van der Waals surface area contributed by atoms with Gasteiger partial charge in [0.05, 0.1) is 0 Å². The smallest absolute Gasteiger partial charge is 0.0462 e. The average Bonchev–Trinajstić information content (AvgIpc) is 2.05. The molecule has 1 nitrogen and oxygen atoms in total. The van der Waals surface area contributed by atoms with Crippen molar-refractivity contribution in [1.82, 2.24) is 0 Å². The molecule has 0 fully saturated rings. The zero-order valence-corrected chi connectivity index (χ0v) is 7.46. The number of allylic oxidation sites excluding steroid dienone is 2. The number of hydrogen-bond donors (Lipinski definition) is 1. The van der Waals surface area contributed by atoms with E-state index in [1.807, 2.05) is 0 Å². The molecular formula is C10H18O. The van der Waals surface area contributed by atoms with Crippen LogP contribution in [0.5, 0.6) is 0 Å². The van der Waals surface area contributed by atoms with Gasteiger partial charge in [0.15, 0.2) is 0 Å². The van der Waals surface area contributed by atoms with Crippen molar-refractivity contribution in [2.24, 2.45) is 17.8 Å². The predicted molar refractivity (Wildman–Crippen MR) is 47.3 cm³/mol. The molecule has 0 aromatic carbocycles. The summed E-state index contributed by atoms with van der Waals surface area (Å²) < 4.78 is 0. The van der Waals surface area contributed by atoms with Gasteiger partial charge in [-0.15, -0.1) is 0 Å². The molecule has 0 aliphatic heterocycles. The van der Waals surface area contributed by atoms with E-state index in [9.17, 15) is 0 Å². The second kappa shape index (κ2) is 3.91. The summed E-state index contributed by atoms with van der Waals surface area (Å²) in [5.74, 6) is 1.81. The summed E-state index contributed by atoms with van der Waals surface area (Å²) in [6.07, 6.45) is 7.08. The van der Waals surface area contributed by atoms with Crippen LogP contribution in [0, 0.1) is 17.8 Å². The van der Waals surface area contributed by atoms with E-state index in [0.717, 1.165) is 5.92 Å². The molecule has 1 aliphatic carbocycles. The number of rotatable bonds is 2. The monoisotopic (exact) mass is 154 g/mol. The van der Waals surface area contributed by atoms with Crippen LogP contribution >= 0.6 is 0 Å². The van der Waals surface area contributed by atoms with Crippen LogP contribution in [0.2, 0.25) is 0 Å². The first-order chi connectivity index (χ1) is 5.24. The van der Waals surface area contributed by atoms with Crippen LogP contribution in [0.25, 0.3) is 0 Å². The largest absolute Gasteiger partial charge is 0.396 e. The van der Waals surface area contributed by atoms with Crippen molar-refractivity contribution in [3.8, 4) is 0 Å². The van der Waals surface area contributed by atoms with Crippen molar-refractivity contribution >= 4 is 0 Å². The van der Waals surface area contributed by atoms with E-state index in [4.69, 9.17) is 5.11 Å². The predicted octanol–water partition coefficient (Wildman–Crippen LogP) is 2.22. The van der Waals surface area contributed by atoms with Crippen molar-refractivity contribution < 1.29 is 5.11 Å². The van der Waals surface area contributed by atoms with Crippen molar-refractivity contribution in [3.05, 3.63) is 12.2 Å². The fraction of sp³-hybridized carbons (Fsp3) is 0.800. The number of aliphatic hydroxyl groups is 1. The summed E-state index contributed by atoms with van der Waals surface area (Å²) in [6.45, 7) is 4.69. The van der Waals surface area contributed by atoms with E-state index in [1.165, 1.54) is 12.8 Å². The average molecular weight is 154 g/mol. The van der Waals surface area contributed by atoms with Gasteiger partial charge in [0.1, 0.15) is 0 Å². The Morgan fingerprint density at radius 3 is 2.64 bits per heavy atom. The number of hydrogen-bond acceptors (Lipinski definition) is 1. The molecule has 64 valence electrons. The van der Waals surface area contributed by atoms with Gasteiger partial charge in [-0.1, -0.05) is 26.0 Å². The highest BCUT2D eigenvalue weighted by molar-refractivity contribution is 4.97. The standard InChI is InChI=1S/C10H18O/c1-8-3-5-10(6-4-8)9(2)7-11/h3,5,8-11H,4,6-7H2,1-2H3/t8-,9?,10?/m0/s1. The topological polar surface area (TPSA) is 20.2 Å². The lowest BCUT2D eigenvalue weighted by Gasteiger charge is -2.24. The minimum Gasteiger partial charge on any atom is -0.396 e. The molecule has 1 N–H and O–H groups in total. The summed E-state index contributed by atoms with van der Waals surface area (Å²) in [5, 5.41) is 8.92. The molecule has 0 heterocycles. The van der Waals surface area contributed by atoms with Crippen molar-refractivity contribution in [2.75, 3.05) is 6.61 Å².